The lowest BCUT2D eigenvalue weighted by Gasteiger charge is -1.88. The Bertz CT molecular complexity index is 893. The quantitative estimate of drug-likeness (QED) is 0.568. The summed E-state index contributed by atoms with van der Waals surface area (Å²) in [5.41, 5.74) is 1.11. The van der Waals surface area contributed by atoms with Gasteiger partial charge in [0.05, 0.1) is 18.7 Å². The Morgan fingerprint density at radius 3 is 3.05 bits per heavy atom. The van der Waals surface area contributed by atoms with Crippen molar-refractivity contribution in [2.45, 2.75) is 0 Å². The number of hydrogen-bond donors (Lipinski definition) is 0. The van der Waals surface area contributed by atoms with Crippen molar-refractivity contribution in [2.24, 2.45) is 0 Å². The Kier molecular flexibility index (Phi) is 2.31. The van der Waals surface area contributed by atoms with Crippen molar-refractivity contribution in [3.8, 4) is 16.6 Å². The highest BCUT2D eigenvalue weighted by atomic mass is 32.1. The molecular formula is C13H8FN3O2S. The summed E-state index contributed by atoms with van der Waals surface area (Å²) in [5, 5.41) is 5.17. The van der Waals surface area contributed by atoms with Crippen LogP contribution in [0.1, 0.15) is 0 Å². The number of halogens is 1. The minimum atomic E-state index is -0.307. The molecule has 7 heteroatoms. The van der Waals surface area contributed by atoms with Gasteiger partial charge in [-0.15, -0.1) is 5.10 Å². The topological polar surface area (TPSA) is 52.6 Å². The van der Waals surface area contributed by atoms with Crippen molar-refractivity contribution < 1.29 is 13.5 Å². The molecule has 5 nitrogen and oxygen atoms in total. The molecule has 0 saturated carbocycles. The summed E-state index contributed by atoms with van der Waals surface area (Å²) in [7, 11) is 1.56. The van der Waals surface area contributed by atoms with Crippen LogP contribution in [0.4, 0.5) is 4.39 Å². The second-order valence-electron chi connectivity index (χ2n) is 4.19. The summed E-state index contributed by atoms with van der Waals surface area (Å²) >= 11 is 1.33. The number of imidazole rings is 1. The van der Waals surface area contributed by atoms with Crippen LogP contribution in [0.15, 0.2) is 34.9 Å². The van der Waals surface area contributed by atoms with Gasteiger partial charge in [0.15, 0.2) is 5.76 Å². The number of furan rings is 1. The summed E-state index contributed by atoms with van der Waals surface area (Å²) < 4.78 is 25.9. The van der Waals surface area contributed by atoms with Gasteiger partial charge in [-0.05, 0) is 29.5 Å². The van der Waals surface area contributed by atoms with Gasteiger partial charge in [0, 0.05) is 0 Å². The largest absolute Gasteiger partial charge is 0.472 e. The second-order valence-corrected chi connectivity index (χ2v) is 5.11. The van der Waals surface area contributed by atoms with E-state index in [0.717, 1.165) is 0 Å². The lowest BCUT2D eigenvalue weighted by atomic mass is 10.2. The molecule has 0 bridgehead atoms. The molecular weight excluding hydrogens is 281 g/mol. The van der Waals surface area contributed by atoms with E-state index in [-0.39, 0.29) is 5.82 Å². The Balaban J connectivity index is 1.87. The highest BCUT2D eigenvalue weighted by molar-refractivity contribution is 7.18. The molecule has 20 heavy (non-hydrogen) atoms. The molecule has 1 aromatic carbocycles. The highest BCUT2D eigenvalue weighted by Crippen LogP contribution is 2.30. The zero-order valence-electron chi connectivity index (χ0n) is 10.3. The van der Waals surface area contributed by atoms with Gasteiger partial charge in [-0.2, -0.15) is 0 Å². The van der Waals surface area contributed by atoms with Gasteiger partial charge >= 0.3 is 0 Å². The number of methoxy groups -OCH3 is 1. The normalized spacial score (nSPS) is 11.5. The van der Waals surface area contributed by atoms with Crippen LogP contribution in [0.3, 0.4) is 0 Å². The van der Waals surface area contributed by atoms with Crippen molar-refractivity contribution >= 4 is 27.3 Å². The van der Waals surface area contributed by atoms with E-state index in [1.165, 1.54) is 17.4 Å². The van der Waals surface area contributed by atoms with Crippen LogP contribution >= 0.6 is 11.3 Å². The number of hydrogen-bond acceptors (Lipinski definition) is 5. The first kappa shape index (κ1) is 11.4. The average molecular weight is 289 g/mol. The molecule has 0 radical (unpaired) electrons. The van der Waals surface area contributed by atoms with Crippen LogP contribution < -0.4 is 4.74 Å². The number of aromatic nitrogens is 3. The second kappa shape index (κ2) is 4.04. The number of nitrogens with zero attached hydrogens (tertiary/aromatic N) is 3. The van der Waals surface area contributed by atoms with E-state index in [2.05, 4.69) is 10.1 Å². The van der Waals surface area contributed by atoms with Crippen molar-refractivity contribution in [1.29, 1.82) is 0 Å². The molecule has 0 aliphatic carbocycles. The Labute approximate surface area is 116 Å². The molecule has 0 unspecified atom stereocenters. The molecule has 0 amide bonds. The predicted octanol–water partition coefficient (Wildman–Crippen LogP) is 3.35. The van der Waals surface area contributed by atoms with Gasteiger partial charge in [0.1, 0.15) is 17.1 Å². The molecule has 3 heterocycles. The lowest BCUT2D eigenvalue weighted by molar-refractivity contribution is 0.405. The summed E-state index contributed by atoms with van der Waals surface area (Å²) in [6.07, 6.45) is 1.73. The monoisotopic (exact) mass is 289 g/mol. The third-order valence-corrected chi connectivity index (χ3v) is 3.84. The highest BCUT2D eigenvalue weighted by Gasteiger charge is 2.14. The van der Waals surface area contributed by atoms with Crippen LogP contribution in [-0.4, -0.2) is 21.7 Å². The summed E-state index contributed by atoms with van der Waals surface area (Å²) in [6, 6.07) is 6.39. The predicted molar refractivity (Wildman–Crippen MR) is 72.6 cm³/mol. The number of rotatable bonds is 2. The van der Waals surface area contributed by atoms with E-state index in [4.69, 9.17) is 9.15 Å². The smallest absolute Gasteiger partial charge is 0.294 e. The van der Waals surface area contributed by atoms with Crippen molar-refractivity contribution in [3.63, 3.8) is 0 Å². The number of fused-ring (bicyclic) bond motifs is 2. The lowest BCUT2D eigenvalue weighted by Crippen LogP contribution is -1.84. The van der Waals surface area contributed by atoms with Crippen molar-refractivity contribution in [1.82, 2.24) is 14.6 Å². The molecule has 0 N–H and O–H groups in total. The van der Waals surface area contributed by atoms with E-state index in [0.29, 0.717) is 32.6 Å². The first-order valence-corrected chi connectivity index (χ1v) is 6.65. The standard InChI is InChI=1S/C13H8FN3O2S/c1-18-13-16-17-6-9(15-12(17)20-13)11-5-7-8(14)3-2-4-10(7)19-11/h2-6H,1H3. The van der Waals surface area contributed by atoms with E-state index < -0.39 is 0 Å². The van der Waals surface area contributed by atoms with Gasteiger partial charge in [-0.25, -0.2) is 13.9 Å². The Hall–Kier alpha value is -2.41. The van der Waals surface area contributed by atoms with Crippen molar-refractivity contribution in [3.05, 3.63) is 36.3 Å². The van der Waals surface area contributed by atoms with Gasteiger partial charge in [0.25, 0.3) is 5.19 Å². The maximum Gasteiger partial charge on any atom is 0.294 e. The molecule has 100 valence electrons. The van der Waals surface area contributed by atoms with E-state index in [9.17, 15) is 4.39 Å². The minimum Gasteiger partial charge on any atom is -0.472 e. The first-order valence-electron chi connectivity index (χ1n) is 5.83. The van der Waals surface area contributed by atoms with Crippen LogP contribution in [0.5, 0.6) is 5.19 Å². The van der Waals surface area contributed by atoms with E-state index in [1.807, 2.05) is 0 Å². The fourth-order valence-electron chi connectivity index (χ4n) is 2.03. The third-order valence-electron chi connectivity index (χ3n) is 2.96. The van der Waals surface area contributed by atoms with Crippen LogP contribution in [0.25, 0.3) is 27.4 Å². The van der Waals surface area contributed by atoms with Crippen LogP contribution in [0, 0.1) is 5.82 Å². The molecule has 0 spiro atoms. The Morgan fingerprint density at radius 2 is 2.30 bits per heavy atom. The van der Waals surface area contributed by atoms with Crippen LogP contribution in [-0.2, 0) is 0 Å². The molecule has 0 saturated heterocycles. The molecule has 4 aromatic rings. The molecule has 0 fully saturated rings. The third kappa shape index (κ3) is 1.60. The summed E-state index contributed by atoms with van der Waals surface area (Å²) in [4.78, 5) is 5.09. The van der Waals surface area contributed by atoms with Gasteiger partial charge < -0.3 is 9.15 Å². The number of benzene rings is 1. The van der Waals surface area contributed by atoms with Gasteiger partial charge in [-0.1, -0.05) is 6.07 Å². The first-order chi connectivity index (χ1) is 9.74. The van der Waals surface area contributed by atoms with E-state index in [1.54, 1.807) is 36.0 Å². The Morgan fingerprint density at radius 1 is 1.40 bits per heavy atom. The van der Waals surface area contributed by atoms with Crippen LogP contribution in [0.2, 0.25) is 0 Å². The van der Waals surface area contributed by atoms with Crippen molar-refractivity contribution in [2.75, 3.05) is 7.11 Å². The SMILES string of the molecule is COc1nn2cc(-c3cc4c(F)cccc4o3)nc2s1. The zero-order chi connectivity index (χ0) is 13.7. The molecule has 4 rings (SSSR count). The fourth-order valence-corrected chi connectivity index (χ4v) is 2.73. The number of ether oxygens (including phenoxy) is 1. The van der Waals surface area contributed by atoms with Gasteiger partial charge in [0.2, 0.25) is 4.96 Å². The summed E-state index contributed by atoms with van der Waals surface area (Å²) in [6.45, 7) is 0. The molecule has 3 aromatic heterocycles. The maximum atomic E-state index is 13.6. The van der Waals surface area contributed by atoms with Gasteiger partial charge in [-0.3, -0.25) is 0 Å². The summed E-state index contributed by atoms with van der Waals surface area (Å²) in [5.74, 6) is 0.208. The fraction of sp³-hybridized carbons (Fsp3) is 0.0769. The molecule has 0 aliphatic rings. The average Bonchev–Trinajstić information content (AvgIpc) is 3.09. The maximum absolute atomic E-state index is 13.6. The molecule has 0 atom stereocenters. The van der Waals surface area contributed by atoms with E-state index >= 15 is 0 Å². The molecule has 0 aliphatic heterocycles. The zero-order valence-corrected chi connectivity index (χ0v) is 11.1. The minimum absolute atomic E-state index is 0.307.